The number of hydrogen-bond acceptors (Lipinski definition) is 2. The van der Waals surface area contributed by atoms with Gasteiger partial charge in [-0.15, -0.1) is 9.79 Å². The zero-order chi connectivity index (χ0) is 7.15. The van der Waals surface area contributed by atoms with Crippen LogP contribution in [-0.4, -0.2) is 9.79 Å². The first-order valence-corrected chi connectivity index (χ1v) is 3.84. The molecule has 6 N–H and O–H groups in total. The highest BCUT2D eigenvalue weighted by molar-refractivity contribution is 7.35. The number of nitrogens with two attached hydrogens (primary N) is 2. The average molecular weight is 160 g/mol. The third kappa shape index (κ3) is 95900. The minimum absolute atomic E-state index is 2.37. The average Bonchev–Trinajstić information content (AvgIpc) is 1.25. The quantitative estimate of drug-likeness (QED) is 0.343. The van der Waals surface area contributed by atoms with Crippen LogP contribution in [0.25, 0.3) is 0 Å². The van der Waals surface area contributed by atoms with E-state index in [2.05, 4.69) is 11.0 Å². The Balaban J connectivity index is 0. The third-order valence-electron chi connectivity index (χ3n) is 0. The van der Waals surface area contributed by atoms with Crippen molar-refractivity contribution in [2.45, 2.75) is 0 Å². The summed E-state index contributed by atoms with van der Waals surface area (Å²) < 4.78 is 17.9. The fourth-order valence-corrected chi connectivity index (χ4v) is 0. The highest BCUT2D eigenvalue weighted by atomic mass is 31.1. The Bertz CT molecular complexity index is 70.0. The Morgan fingerprint density at radius 2 is 1.00 bits per heavy atom. The summed E-state index contributed by atoms with van der Waals surface area (Å²) in [7, 11) is -4.74. The van der Waals surface area contributed by atoms with Gasteiger partial charge in [0.2, 0.25) is 0 Å². The molecule has 0 spiro atoms. The fraction of sp³-hybridized carbons (Fsp3) is 0. The second kappa shape index (κ2) is 7.04. The van der Waals surface area contributed by atoms with E-state index in [0.717, 1.165) is 0 Å². The molecule has 0 aromatic heterocycles. The lowest BCUT2D eigenvalue weighted by molar-refractivity contribution is 0.503. The second-order valence-electron chi connectivity index (χ2n) is 0.605. The molecule has 0 radical (unpaired) electrons. The second-order valence-corrected chi connectivity index (χ2v) is 1.82. The van der Waals surface area contributed by atoms with Gasteiger partial charge in [0.25, 0.3) is 0 Å². The smallest absolute Gasteiger partial charge is 0.144 e. The van der Waals surface area contributed by atoms with Crippen LogP contribution < -0.4 is 11.0 Å². The van der Waals surface area contributed by atoms with Gasteiger partial charge in [-0.05, 0) is 9.13 Å². The van der Waals surface area contributed by atoms with E-state index in [0.29, 0.717) is 0 Å². The molecule has 0 aromatic rings. The van der Waals surface area contributed by atoms with Crippen molar-refractivity contribution in [1.29, 1.82) is 0 Å². The van der Waals surface area contributed by atoms with Crippen molar-refractivity contribution in [3.63, 3.8) is 0 Å². The Morgan fingerprint density at radius 1 is 1.00 bits per heavy atom. The van der Waals surface area contributed by atoms with Crippen molar-refractivity contribution in [2.75, 3.05) is 0 Å². The van der Waals surface area contributed by atoms with Crippen LogP contribution in [-0.2, 0) is 9.13 Å². The van der Waals surface area contributed by atoms with Crippen LogP contribution >= 0.6 is 16.4 Å². The van der Waals surface area contributed by atoms with Crippen molar-refractivity contribution in [2.24, 2.45) is 11.0 Å². The van der Waals surface area contributed by atoms with E-state index in [1.165, 1.54) is 0 Å². The van der Waals surface area contributed by atoms with Crippen molar-refractivity contribution in [3.8, 4) is 0 Å². The summed E-state index contributed by atoms with van der Waals surface area (Å²) in [5, 5.41) is 0. The molecule has 2 unspecified atom stereocenters. The minimum atomic E-state index is -2.37. The van der Waals surface area contributed by atoms with Gasteiger partial charge >= 0.3 is 16.4 Å². The van der Waals surface area contributed by atoms with Crippen molar-refractivity contribution >= 4 is 16.4 Å². The summed E-state index contributed by atoms with van der Waals surface area (Å²) in [6, 6.07) is 0. The maximum atomic E-state index is 8.93. The number of hydrogen-bond donors (Lipinski definition) is 4. The molecule has 8 heteroatoms. The van der Waals surface area contributed by atoms with E-state index in [-0.39, 0.29) is 0 Å². The monoisotopic (exact) mass is 160 g/mol. The molecule has 0 aliphatic heterocycles. The summed E-state index contributed by atoms with van der Waals surface area (Å²) in [6.45, 7) is 0. The maximum Gasteiger partial charge on any atom is 0.607 e. The first kappa shape index (κ1) is 10.9. The van der Waals surface area contributed by atoms with Gasteiger partial charge in [-0.1, -0.05) is 11.0 Å². The molecule has 0 fully saturated rings. The highest BCUT2D eigenvalue weighted by Gasteiger charge is 1.88. The Labute approximate surface area is 47.3 Å². The molecule has 48 valence electrons. The summed E-state index contributed by atoms with van der Waals surface area (Å²) in [4.78, 5) is 14.7. The summed E-state index contributed by atoms with van der Waals surface area (Å²) >= 11 is 0. The van der Waals surface area contributed by atoms with Gasteiger partial charge in [-0.2, -0.15) is 0 Å². The van der Waals surface area contributed by atoms with Crippen LogP contribution in [0.15, 0.2) is 0 Å². The zero-order valence-electron chi connectivity index (χ0n) is 3.76. The Hall–Kier alpha value is 0.0400. The predicted octanol–water partition coefficient (Wildman–Crippen LogP) is -0.810. The molecule has 0 rings (SSSR count). The molecular weight excluding hydrogens is 154 g/mol. The lowest BCUT2D eigenvalue weighted by Gasteiger charge is -1.36. The minimum Gasteiger partial charge on any atom is -0.144 e. The molecule has 0 heterocycles. The van der Waals surface area contributed by atoms with Crippen LogP contribution in [0, 0.1) is 0 Å². The molecule has 2 atom stereocenters. The van der Waals surface area contributed by atoms with Crippen LogP contribution in [0.4, 0.5) is 0 Å². The van der Waals surface area contributed by atoms with Gasteiger partial charge in [0.1, 0.15) is 0 Å². The fourth-order valence-electron chi connectivity index (χ4n) is 0. The molecular formula is H6N2O4P2+2. The van der Waals surface area contributed by atoms with Crippen molar-refractivity contribution in [1.82, 2.24) is 0 Å². The highest BCUT2D eigenvalue weighted by Crippen LogP contribution is 1.91. The largest absolute Gasteiger partial charge is 0.607 e. The van der Waals surface area contributed by atoms with Crippen LogP contribution in [0.3, 0.4) is 0 Å². The SMILES string of the molecule is N[P+](=O)O.N[P+](=O)O. The first-order valence-electron chi connectivity index (χ1n) is 1.28. The summed E-state index contributed by atoms with van der Waals surface area (Å²) in [5.74, 6) is 0. The Morgan fingerprint density at radius 3 is 1.00 bits per heavy atom. The van der Waals surface area contributed by atoms with Gasteiger partial charge in [0, 0.05) is 0 Å². The summed E-state index contributed by atoms with van der Waals surface area (Å²) in [5.41, 5.74) is 8.35. The molecule has 0 aliphatic rings. The third-order valence-corrected chi connectivity index (χ3v) is 0. The maximum absolute atomic E-state index is 8.93. The Kier molecular flexibility index (Phi) is 9.61. The molecule has 0 saturated heterocycles. The predicted molar refractivity (Wildman–Crippen MR) is 28.0 cm³/mol. The van der Waals surface area contributed by atoms with Crippen LogP contribution in [0.5, 0.6) is 0 Å². The van der Waals surface area contributed by atoms with E-state index >= 15 is 0 Å². The zero-order valence-corrected chi connectivity index (χ0v) is 5.55. The van der Waals surface area contributed by atoms with Gasteiger partial charge in [-0.25, -0.2) is 0 Å². The van der Waals surface area contributed by atoms with Gasteiger partial charge in [0.15, 0.2) is 0 Å². The van der Waals surface area contributed by atoms with Gasteiger partial charge in [-0.3, -0.25) is 0 Å². The molecule has 6 nitrogen and oxygen atoms in total. The standard InChI is InChI=1S/2H2NO2P/c2*1-4(2)3/h2*(H2-,1,2,3)/p+2. The molecule has 0 amide bonds. The molecule has 0 aromatic carbocycles. The van der Waals surface area contributed by atoms with E-state index in [4.69, 9.17) is 18.9 Å². The molecule has 0 saturated carbocycles. The molecule has 0 bridgehead atoms. The summed E-state index contributed by atoms with van der Waals surface area (Å²) in [6.07, 6.45) is 0. The van der Waals surface area contributed by atoms with Gasteiger partial charge in [0.05, 0.1) is 0 Å². The first-order chi connectivity index (χ1) is 3.46. The van der Waals surface area contributed by atoms with E-state index in [1.807, 2.05) is 0 Å². The van der Waals surface area contributed by atoms with Crippen molar-refractivity contribution < 1.29 is 18.9 Å². The lowest BCUT2D eigenvalue weighted by Crippen LogP contribution is -1.68. The van der Waals surface area contributed by atoms with E-state index < -0.39 is 16.4 Å². The van der Waals surface area contributed by atoms with E-state index in [1.54, 1.807) is 0 Å². The van der Waals surface area contributed by atoms with Gasteiger partial charge < -0.3 is 0 Å². The van der Waals surface area contributed by atoms with Crippen LogP contribution in [0.1, 0.15) is 0 Å². The molecule has 8 heavy (non-hydrogen) atoms. The van der Waals surface area contributed by atoms with E-state index in [9.17, 15) is 0 Å². The topological polar surface area (TPSA) is 127 Å². The lowest BCUT2D eigenvalue weighted by atomic mass is 13.9. The van der Waals surface area contributed by atoms with Crippen molar-refractivity contribution in [3.05, 3.63) is 0 Å². The van der Waals surface area contributed by atoms with Crippen LogP contribution in [0.2, 0.25) is 0 Å². The number of rotatable bonds is 0. The molecule has 0 aliphatic carbocycles. The normalized spacial score (nSPS) is 11.0.